The van der Waals surface area contributed by atoms with Crippen LogP contribution < -0.4 is 4.74 Å². The van der Waals surface area contributed by atoms with Crippen LogP contribution in [0.5, 0.6) is 5.75 Å². The zero-order valence-electron chi connectivity index (χ0n) is 13.7. The molecule has 2 rings (SSSR count). The summed E-state index contributed by atoms with van der Waals surface area (Å²) in [6.45, 7) is 3.50. The second-order valence-electron chi connectivity index (χ2n) is 6.50. The van der Waals surface area contributed by atoms with E-state index in [9.17, 15) is 22.8 Å². The molecule has 1 heterocycles. The van der Waals surface area contributed by atoms with Crippen molar-refractivity contribution in [2.24, 2.45) is 5.41 Å². The predicted octanol–water partition coefficient (Wildman–Crippen LogP) is 2.76. The first-order valence-corrected chi connectivity index (χ1v) is 7.36. The van der Waals surface area contributed by atoms with Gasteiger partial charge in [-0.1, -0.05) is 32.0 Å². The molecule has 0 bridgehead atoms. The molecular weight excluding hydrogens is 325 g/mol. The van der Waals surface area contributed by atoms with Gasteiger partial charge in [0.05, 0.1) is 12.1 Å². The molecule has 1 aliphatic heterocycles. The normalized spacial score (nSPS) is 17.7. The molecule has 0 spiro atoms. The number of halogens is 3. The second-order valence-corrected chi connectivity index (χ2v) is 6.50. The van der Waals surface area contributed by atoms with Gasteiger partial charge in [0, 0.05) is 18.5 Å². The van der Waals surface area contributed by atoms with Gasteiger partial charge < -0.3 is 4.74 Å². The van der Waals surface area contributed by atoms with Gasteiger partial charge in [-0.05, 0) is 13.1 Å². The average Bonchev–Trinajstić information content (AvgIpc) is 2.61. The molecule has 0 N–H and O–H groups in total. The zero-order chi connectivity index (χ0) is 18.1. The maximum atomic E-state index is 12.4. The van der Waals surface area contributed by atoms with E-state index in [-0.39, 0.29) is 37.2 Å². The minimum Gasteiger partial charge on any atom is -0.405 e. The van der Waals surface area contributed by atoms with Crippen molar-refractivity contribution < 1.29 is 27.5 Å². The van der Waals surface area contributed by atoms with Crippen molar-refractivity contribution in [2.45, 2.75) is 33.2 Å². The van der Waals surface area contributed by atoms with Crippen LogP contribution >= 0.6 is 0 Å². The highest BCUT2D eigenvalue weighted by Gasteiger charge is 2.44. The molecule has 1 aromatic rings. The van der Waals surface area contributed by atoms with Gasteiger partial charge in [0.15, 0.2) is 0 Å². The van der Waals surface area contributed by atoms with Crippen LogP contribution in [0, 0.1) is 5.41 Å². The fourth-order valence-electron chi connectivity index (χ4n) is 2.61. The first kappa shape index (κ1) is 18.3. The van der Waals surface area contributed by atoms with Crippen molar-refractivity contribution in [1.82, 2.24) is 9.80 Å². The van der Waals surface area contributed by atoms with E-state index in [2.05, 4.69) is 4.74 Å². The largest absolute Gasteiger partial charge is 0.573 e. The third kappa shape index (κ3) is 4.25. The number of nitrogens with zero attached hydrogens (tertiary/aromatic N) is 2. The first-order chi connectivity index (χ1) is 11.0. The minimum absolute atomic E-state index is 0.0153. The van der Waals surface area contributed by atoms with Gasteiger partial charge in [-0.3, -0.25) is 19.4 Å². The molecule has 0 unspecified atom stereocenters. The Labute approximate surface area is 138 Å². The Morgan fingerprint density at radius 1 is 1.25 bits per heavy atom. The van der Waals surface area contributed by atoms with Gasteiger partial charge in [0.2, 0.25) is 11.8 Å². The SMILES string of the molecule is CN(Cc1ccccc1OC(F)(F)F)CN1C(=O)CC(C)(C)C1=O. The van der Waals surface area contributed by atoms with Gasteiger partial charge >= 0.3 is 6.36 Å². The first-order valence-electron chi connectivity index (χ1n) is 7.36. The maximum Gasteiger partial charge on any atom is 0.573 e. The summed E-state index contributed by atoms with van der Waals surface area (Å²) in [6, 6.07) is 5.78. The molecule has 8 heteroatoms. The Bertz CT molecular complexity index is 644. The van der Waals surface area contributed by atoms with Crippen LogP contribution in [-0.4, -0.2) is 41.7 Å². The van der Waals surface area contributed by atoms with Crippen molar-refractivity contribution in [3.05, 3.63) is 29.8 Å². The fraction of sp³-hybridized carbons (Fsp3) is 0.500. The molecule has 0 aliphatic carbocycles. The topological polar surface area (TPSA) is 49.9 Å². The highest BCUT2D eigenvalue weighted by molar-refractivity contribution is 6.05. The van der Waals surface area contributed by atoms with Crippen molar-refractivity contribution >= 4 is 11.8 Å². The van der Waals surface area contributed by atoms with Gasteiger partial charge in [-0.25, -0.2) is 0 Å². The number of imide groups is 1. The lowest BCUT2D eigenvalue weighted by Crippen LogP contribution is -2.40. The van der Waals surface area contributed by atoms with Crippen LogP contribution in [0.2, 0.25) is 0 Å². The Kier molecular flexibility index (Phi) is 4.89. The van der Waals surface area contributed by atoms with Crippen LogP contribution in [0.3, 0.4) is 0 Å². The number of benzene rings is 1. The Morgan fingerprint density at radius 2 is 1.88 bits per heavy atom. The number of hydrogen-bond donors (Lipinski definition) is 0. The number of ether oxygens (including phenoxy) is 1. The molecule has 1 fully saturated rings. The maximum absolute atomic E-state index is 12.4. The quantitative estimate of drug-likeness (QED) is 0.771. The Morgan fingerprint density at radius 3 is 2.42 bits per heavy atom. The van der Waals surface area contributed by atoms with Gasteiger partial charge in [0.25, 0.3) is 0 Å². The van der Waals surface area contributed by atoms with Gasteiger partial charge in [-0.2, -0.15) is 0 Å². The number of hydrogen-bond acceptors (Lipinski definition) is 4. The summed E-state index contributed by atoms with van der Waals surface area (Å²) in [7, 11) is 1.62. The highest BCUT2D eigenvalue weighted by Crippen LogP contribution is 2.32. The lowest BCUT2D eigenvalue weighted by Gasteiger charge is -2.25. The van der Waals surface area contributed by atoms with E-state index in [1.165, 1.54) is 18.2 Å². The van der Waals surface area contributed by atoms with Crippen LogP contribution in [0.1, 0.15) is 25.8 Å². The molecule has 0 saturated carbocycles. The van der Waals surface area contributed by atoms with E-state index < -0.39 is 11.8 Å². The summed E-state index contributed by atoms with van der Waals surface area (Å²) in [5.41, 5.74) is -0.425. The summed E-state index contributed by atoms with van der Waals surface area (Å²) >= 11 is 0. The summed E-state index contributed by atoms with van der Waals surface area (Å²) in [6.07, 6.45) is -4.65. The van der Waals surface area contributed by atoms with Crippen LogP contribution in [0.25, 0.3) is 0 Å². The molecule has 5 nitrogen and oxygen atoms in total. The molecule has 0 aromatic heterocycles. The molecular formula is C16H19F3N2O3. The summed E-state index contributed by atoms with van der Waals surface area (Å²) < 4.78 is 41.3. The van der Waals surface area contributed by atoms with E-state index in [1.807, 2.05) is 0 Å². The number of alkyl halides is 3. The smallest absolute Gasteiger partial charge is 0.405 e. The number of carbonyl (C=O) groups is 2. The standard InChI is InChI=1S/C16H19F3N2O3/c1-15(2)8-13(22)21(14(15)23)10-20(3)9-11-6-4-5-7-12(11)24-16(17,18)19/h4-7H,8-10H2,1-3H3. The molecule has 2 amide bonds. The molecule has 24 heavy (non-hydrogen) atoms. The molecule has 132 valence electrons. The van der Waals surface area contributed by atoms with Crippen molar-refractivity contribution in [1.29, 1.82) is 0 Å². The van der Waals surface area contributed by atoms with Crippen LogP contribution in [0.15, 0.2) is 24.3 Å². The summed E-state index contributed by atoms with van der Waals surface area (Å²) in [4.78, 5) is 26.9. The minimum atomic E-state index is -4.78. The molecule has 1 saturated heterocycles. The van der Waals surface area contributed by atoms with Gasteiger partial charge in [-0.15, -0.1) is 13.2 Å². The van der Waals surface area contributed by atoms with E-state index in [0.717, 1.165) is 4.90 Å². The summed E-state index contributed by atoms with van der Waals surface area (Å²) in [5.74, 6) is -0.855. The number of para-hydroxylation sites is 1. The second kappa shape index (κ2) is 6.43. The average molecular weight is 344 g/mol. The number of carbonyl (C=O) groups excluding carboxylic acids is 2. The van der Waals surface area contributed by atoms with Crippen LogP contribution in [-0.2, 0) is 16.1 Å². The third-order valence-corrected chi connectivity index (χ3v) is 3.74. The highest BCUT2D eigenvalue weighted by atomic mass is 19.4. The van der Waals surface area contributed by atoms with Crippen molar-refractivity contribution in [2.75, 3.05) is 13.7 Å². The molecule has 1 aliphatic rings. The third-order valence-electron chi connectivity index (χ3n) is 3.74. The van der Waals surface area contributed by atoms with E-state index in [4.69, 9.17) is 0 Å². The van der Waals surface area contributed by atoms with Crippen LogP contribution in [0.4, 0.5) is 13.2 Å². The Hall–Kier alpha value is -2.09. The number of amides is 2. The molecule has 1 aromatic carbocycles. The predicted molar refractivity (Wildman–Crippen MR) is 79.7 cm³/mol. The molecule has 0 atom stereocenters. The van der Waals surface area contributed by atoms with E-state index in [1.54, 1.807) is 31.9 Å². The fourth-order valence-corrected chi connectivity index (χ4v) is 2.61. The molecule has 0 radical (unpaired) electrons. The van der Waals surface area contributed by atoms with E-state index in [0.29, 0.717) is 5.56 Å². The van der Waals surface area contributed by atoms with Crippen molar-refractivity contribution in [3.8, 4) is 5.75 Å². The lowest BCUT2D eigenvalue weighted by molar-refractivity contribution is -0.275. The zero-order valence-corrected chi connectivity index (χ0v) is 13.7. The van der Waals surface area contributed by atoms with Gasteiger partial charge in [0.1, 0.15) is 5.75 Å². The monoisotopic (exact) mass is 344 g/mol. The number of likely N-dealkylation sites (tertiary alicyclic amines) is 1. The van der Waals surface area contributed by atoms with E-state index >= 15 is 0 Å². The lowest BCUT2D eigenvalue weighted by atomic mass is 9.92. The van der Waals surface area contributed by atoms with Crippen molar-refractivity contribution in [3.63, 3.8) is 0 Å². The Balaban J connectivity index is 2.07. The number of rotatable bonds is 5. The summed E-state index contributed by atoms with van der Waals surface area (Å²) in [5, 5.41) is 0.